The number of H-pyrrole nitrogens is 1. The number of halogens is 1. The fourth-order valence-electron chi connectivity index (χ4n) is 1.33. The number of aromatic carboxylic acids is 1. The van der Waals surface area contributed by atoms with Crippen LogP contribution in [-0.2, 0) is 6.42 Å². The minimum atomic E-state index is -1.05. The number of hydrogen-bond donors (Lipinski definition) is 2. The number of pyridine rings is 1. The van der Waals surface area contributed by atoms with E-state index >= 15 is 0 Å². The Balaban J connectivity index is 2.78. The summed E-state index contributed by atoms with van der Waals surface area (Å²) in [6.45, 7) is 1.96. The molecule has 0 saturated carbocycles. The first-order chi connectivity index (χ1) is 7.13. The van der Waals surface area contributed by atoms with Gasteiger partial charge in [-0.25, -0.2) is 9.78 Å². The Labute approximate surface area is 93.6 Å². The van der Waals surface area contributed by atoms with E-state index in [0.717, 1.165) is 16.6 Å². The molecule has 0 atom stereocenters. The Morgan fingerprint density at radius 1 is 1.60 bits per heavy atom. The van der Waals surface area contributed by atoms with Crippen LogP contribution in [0.5, 0.6) is 0 Å². The van der Waals surface area contributed by atoms with Crippen LogP contribution in [0.1, 0.15) is 23.1 Å². The van der Waals surface area contributed by atoms with Gasteiger partial charge in [0, 0.05) is 10.2 Å². The third-order valence-corrected chi connectivity index (χ3v) is 2.70. The summed E-state index contributed by atoms with van der Waals surface area (Å²) in [5, 5.41) is 15.3. The average molecular weight is 270 g/mol. The maximum absolute atomic E-state index is 10.9. The molecule has 2 aromatic rings. The van der Waals surface area contributed by atoms with E-state index in [9.17, 15) is 4.79 Å². The van der Waals surface area contributed by atoms with Gasteiger partial charge in [0.2, 0.25) is 0 Å². The van der Waals surface area contributed by atoms with Crippen LogP contribution in [0.2, 0.25) is 0 Å². The molecular weight excluding hydrogens is 262 g/mol. The zero-order valence-electron chi connectivity index (χ0n) is 7.91. The predicted octanol–water partition coefficient (Wildman–Crippen LogP) is 1.98. The molecule has 2 N–H and O–H groups in total. The van der Waals surface area contributed by atoms with E-state index in [4.69, 9.17) is 5.11 Å². The zero-order valence-corrected chi connectivity index (χ0v) is 9.50. The van der Waals surface area contributed by atoms with Gasteiger partial charge in [0.15, 0.2) is 5.69 Å². The molecule has 0 aliphatic carbocycles. The normalized spacial score (nSPS) is 10.8. The number of rotatable bonds is 2. The smallest absolute Gasteiger partial charge is 0.356 e. The van der Waals surface area contributed by atoms with Crippen molar-refractivity contribution >= 4 is 32.9 Å². The number of carboxylic acids is 1. The second kappa shape index (κ2) is 3.62. The molecule has 0 aliphatic rings. The maximum atomic E-state index is 10.9. The molecule has 0 radical (unpaired) electrons. The lowest BCUT2D eigenvalue weighted by Gasteiger charge is -1.98. The van der Waals surface area contributed by atoms with Crippen LogP contribution in [0.3, 0.4) is 0 Å². The summed E-state index contributed by atoms with van der Waals surface area (Å²) in [4.78, 5) is 15.1. The molecule has 5 nitrogen and oxygen atoms in total. The summed E-state index contributed by atoms with van der Waals surface area (Å²) in [7, 11) is 0. The summed E-state index contributed by atoms with van der Waals surface area (Å²) in [6.07, 6.45) is 0.749. The third kappa shape index (κ3) is 1.61. The Bertz CT molecular complexity index is 535. The number of carboxylic acid groups (broad SMARTS) is 1. The highest BCUT2D eigenvalue weighted by Crippen LogP contribution is 2.23. The van der Waals surface area contributed by atoms with E-state index in [-0.39, 0.29) is 5.69 Å². The topological polar surface area (TPSA) is 78.9 Å². The van der Waals surface area contributed by atoms with Crippen LogP contribution in [0.25, 0.3) is 11.0 Å². The molecule has 0 bridgehead atoms. The minimum Gasteiger partial charge on any atom is -0.476 e. The zero-order chi connectivity index (χ0) is 11.0. The van der Waals surface area contributed by atoms with Crippen LogP contribution >= 0.6 is 15.9 Å². The number of aromatic nitrogens is 3. The molecule has 0 saturated heterocycles. The van der Waals surface area contributed by atoms with Crippen molar-refractivity contribution in [2.45, 2.75) is 13.3 Å². The molecule has 2 aromatic heterocycles. The van der Waals surface area contributed by atoms with Gasteiger partial charge in [-0.2, -0.15) is 5.10 Å². The van der Waals surface area contributed by atoms with Crippen molar-refractivity contribution < 1.29 is 9.90 Å². The Hall–Kier alpha value is -1.43. The highest BCUT2D eigenvalue weighted by molar-refractivity contribution is 9.10. The lowest BCUT2D eigenvalue weighted by atomic mass is 10.2. The van der Waals surface area contributed by atoms with E-state index in [1.165, 1.54) is 0 Å². The SMILES string of the molecule is CCc1cc(Br)c2n[nH]c(C(=O)O)c2n1. The third-order valence-electron chi connectivity index (χ3n) is 2.09. The number of fused-ring (bicyclic) bond motifs is 1. The largest absolute Gasteiger partial charge is 0.476 e. The van der Waals surface area contributed by atoms with Crippen molar-refractivity contribution in [3.05, 3.63) is 21.9 Å². The second-order valence-corrected chi connectivity index (χ2v) is 3.90. The van der Waals surface area contributed by atoms with Crippen LogP contribution in [0.4, 0.5) is 0 Å². The lowest BCUT2D eigenvalue weighted by molar-refractivity contribution is 0.0692. The van der Waals surface area contributed by atoms with Gasteiger partial charge in [-0.05, 0) is 28.4 Å². The molecule has 0 amide bonds. The van der Waals surface area contributed by atoms with Gasteiger partial charge in [0.1, 0.15) is 11.0 Å². The van der Waals surface area contributed by atoms with E-state index in [1.54, 1.807) is 0 Å². The molecule has 0 spiro atoms. The Kier molecular flexibility index (Phi) is 2.44. The van der Waals surface area contributed by atoms with Crippen molar-refractivity contribution in [3.63, 3.8) is 0 Å². The summed E-state index contributed by atoms with van der Waals surface area (Å²) >= 11 is 3.34. The summed E-state index contributed by atoms with van der Waals surface area (Å²) in [6, 6.07) is 1.84. The van der Waals surface area contributed by atoms with Gasteiger partial charge in [-0.15, -0.1) is 0 Å². The highest BCUT2D eigenvalue weighted by atomic mass is 79.9. The number of nitrogens with one attached hydrogen (secondary N) is 1. The highest BCUT2D eigenvalue weighted by Gasteiger charge is 2.16. The fourth-order valence-corrected chi connectivity index (χ4v) is 1.87. The van der Waals surface area contributed by atoms with Gasteiger partial charge in [0.25, 0.3) is 0 Å². The fraction of sp³-hybridized carbons (Fsp3) is 0.222. The first-order valence-corrected chi connectivity index (χ1v) is 5.19. The molecule has 0 unspecified atom stereocenters. The molecule has 2 heterocycles. The Morgan fingerprint density at radius 2 is 2.33 bits per heavy atom. The predicted molar refractivity (Wildman–Crippen MR) is 57.9 cm³/mol. The number of hydrogen-bond acceptors (Lipinski definition) is 3. The monoisotopic (exact) mass is 269 g/mol. The molecule has 2 rings (SSSR count). The Morgan fingerprint density at radius 3 is 2.93 bits per heavy atom. The van der Waals surface area contributed by atoms with E-state index < -0.39 is 5.97 Å². The average Bonchev–Trinajstić information content (AvgIpc) is 2.61. The number of nitrogens with zero attached hydrogens (tertiary/aromatic N) is 2. The molecule has 0 fully saturated rings. The van der Waals surface area contributed by atoms with Crippen LogP contribution in [0.15, 0.2) is 10.5 Å². The molecule has 78 valence electrons. The number of aromatic amines is 1. The molecule has 0 aromatic carbocycles. The van der Waals surface area contributed by atoms with Crippen molar-refractivity contribution in [2.75, 3.05) is 0 Å². The summed E-state index contributed by atoms with van der Waals surface area (Å²) < 4.78 is 0.758. The van der Waals surface area contributed by atoms with Crippen molar-refractivity contribution in [3.8, 4) is 0 Å². The van der Waals surface area contributed by atoms with Gasteiger partial charge in [-0.1, -0.05) is 6.92 Å². The van der Waals surface area contributed by atoms with Gasteiger partial charge >= 0.3 is 5.97 Å². The quantitative estimate of drug-likeness (QED) is 0.874. The van der Waals surface area contributed by atoms with Gasteiger partial charge < -0.3 is 5.11 Å². The van der Waals surface area contributed by atoms with Gasteiger partial charge in [-0.3, -0.25) is 5.10 Å². The van der Waals surface area contributed by atoms with E-state index in [2.05, 4.69) is 31.1 Å². The maximum Gasteiger partial charge on any atom is 0.356 e. The molecule has 15 heavy (non-hydrogen) atoms. The number of carbonyl (C=O) groups is 1. The molecular formula is C9H8BrN3O2. The first-order valence-electron chi connectivity index (χ1n) is 4.40. The van der Waals surface area contributed by atoms with Crippen molar-refractivity contribution in [1.82, 2.24) is 15.2 Å². The second-order valence-electron chi connectivity index (χ2n) is 3.05. The van der Waals surface area contributed by atoms with E-state index in [0.29, 0.717) is 11.0 Å². The van der Waals surface area contributed by atoms with Crippen LogP contribution in [0, 0.1) is 0 Å². The summed E-state index contributed by atoms with van der Waals surface area (Å²) in [5.41, 5.74) is 1.80. The van der Waals surface area contributed by atoms with Crippen LogP contribution in [-0.4, -0.2) is 26.3 Å². The van der Waals surface area contributed by atoms with Gasteiger partial charge in [0.05, 0.1) is 0 Å². The first kappa shape index (κ1) is 10.1. The van der Waals surface area contributed by atoms with E-state index in [1.807, 2.05) is 13.0 Å². The molecule has 0 aliphatic heterocycles. The standard InChI is InChI=1S/C9H8BrN3O2/c1-2-4-3-5(10)6-7(11-4)8(9(14)15)13-12-6/h3H,2H2,1H3,(H,12,13)(H,14,15). The lowest BCUT2D eigenvalue weighted by Crippen LogP contribution is -1.99. The number of aryl methyl sites for hydroxylation is 1. The van der Waals surface area contributed by atoms with Crippen molar-refractivity contribution in [2.24, 2.45) is 0 Å². The minimum absolute atomic E-state index is 0.0287. The molecule has 6 heteroatoms. The van der Waals surface area contributed by atoms with Crippen molar-refractivity contribution in [1.29, 1.82) is 0 Å². The van der Waals surface area contributed by atoms with Crippen LogP contribution < -0.4 is 0 Å². The summed E-state index contributed by atoms with van der Waals surface area (Å²) in [5.74, 6) is -1.05.